The third kappa shape index (κ3) is 4.04. The highest BCUT2D eigenvalue weighted by molar-refractivity contribution is 6.35. The summed E-state index contributed by atoms with van der Waals surface area (Å²) in [5, 5.41) is 4.05. The van der Waals surface area contributed by atoms with Gasteiger partial charge in [-0.2, -0.15) is 0 Å². The first-order valence-corrected chi connectivity index (χ1v) is 13.1. The average Bonchev–Trinajstić information content (AvgIpc) is 3.35. The summed E-state index contributed by atoms with van der Waals surface area (Å²) in [6.45, 7) is 4.92. The minimum atomic E-state index is -0.623. The molecule has 3 atom stereocenters. The molecule has 2 aromatic carbocycles. The quantitative estimate of drug-likeness (QED) is 0.369. The Hall–Kier alpha value is -3.49. The summed E-state index contributed by atoms with van der Waals surface area (Å²) in [4.78, 5) is 29.5. The number of halogens is 1. The van der Waals surface area contributed by atoms with Gasteiger partial charge in [-0.3, -0.25) is 9.36 Å². The van der Waals surface area contributed by atoms with Crippen LogP contribution in [-0.4, -0.2) is 43.6 Å². The maximum Gasteiger partial charge on any atom is 0.260 e. The summed E-state index contributed by atoms with van der Waals surface area (Å²) in [7, 11) is 0. The van der Waals surface area contributed by atoms with E-state index < -0.39 is 5.54 Å². The number of carbonyl (C=O) groups excluding carboxylic acids is 1. The van der Waals surface area contributed by atoms with Crippen LogP contribution in [0.1, 0.15) is 55.3 Å². The predicted octanol–water partition coefficient (Wildman–Crippen LogP) is 5.64. The molecule has 0 saturated carbocycles. The van der Waals surface area contributed by atoms with Gasteiger partial charge in [0.15, 0.2) is 17.0 Å². The maximum atomic E-state index is 14.0. The van der Waals surface area contributed by atoms with Crippen LogP contribution in [-0.2, 0) is 11.2 Å². The number of fused-ring (bicyclic) bond motifs is 2. The fourth-order valence-corrected chi connectivity index (χ4v) is 5.85. The average molecular weight is 517 g/mol. The molecule has 6 rings (SSSR count). The topological polar surface area (TPSA) is 85.2 Å². The van der Waals surface area contributed by atoms with Gasteiger partial charge in [0.05, 0.1) is 22.5 Å². The smallest absolute Gasteiger partial charge is 0.260 e. The van der Waals surface area contributed by atoms with E-state index in [2.05, 4.69) is 34.1 Å². The van der Waals surface area contributed by atoms with E-state index >= 15 is 0 Å². The van der Waals surface area contributed by atoms with Crippen molar-refractivity contribution in [1.82, 2.24) is 19.5 Å². The van der Waals surface area contributed by atoms with E-state index in [1.807, 2.05) is 51.9 Å². The second-order valence-corrected chi connectivity index (χ2v) is 10.4. The Morgan fingerprint density at radius 2 is 1.95 bits per heavy atom. The summed E-state index contributed by atoms with van der Waals surface area (Å²) >= 11 is 6.52. The number of aromatic nitrogens is 4. The maximum absolute atomic E-state index is 14.0. The Morgan fingerprint density at radius 1 is 1.11 bits per heavy atom. The van der Waals surface area contributed by atoms with Crippen LogP contribution in [0, 0.1) is 0 Å². The van der Waals surface area contributed by atoms with Crippen LogP contribution in [0.25, 0.3) is 11.2 Å². The lowest BCUT2D eigenvalue weighted by Crippen LogP contribution is -2.62. The van der Waals surface area contributed by atoms with Crippen molar-refractivity contribution in [2.75, 3.05) is 16.8 Å². The Kier molecular flexibility index (Phi) is 6.09. The lowest BCUT2D eigenvalue weighted by atomic mass is 9.78. The molecule has 190 valence electrons. The first kappa shape index (κ1) is 23.9. The molecule has 1 N–H and O–H groups in total. The zero-order valence-corrected chi connectivity index (χ0v) is 21.7. The van der Waals surface area contributed by atoms with Gasteiger partial charge >= 0.3 is 0 Å². The number of amides is 1. The zero-order chi connectivity index (χ0) is 25.6. The van der Waals surface area contributed by atoms with Crippen LogP contribution in [0.15, 0.2) is 61.2 Å². The molecule has 37 heavy (non-hydrogen) atoms. The second kappa shape index (κ2) is 9.43. The van der Waals surface area contributed by atoms with E-state index in [-0.39, 0.29) is 18.2 Å². The molecule has 8 nitrogen and oxygen atoms in total. The molecular weight excluding hydrogens is 488 g/mol. The van der Waals surface area contributed by atoms with E-state index in [9.17, 15) is 4.79 Å². The Balaban J connectivity index is 1.39. The number of nitrogens with zero attached hydrogens (tertiary/aromatic N) is 5. The van der Waals surface area contributed by atoms with Crippen LogP contribution in [0.2, 0.25) is 5.02 Å². The number of hydrogen-bond acceptors (Lipinski definition) is 6. The zero-order valence-electron chi connectivity index (χ0n) is 20.9. The normalized spacial score (nSPS) is 22.6. The van der Waals surface area contributed by atoms with Gasteiger partial charge < -0.3 is 15.0 Å². The van der Waals surface area contributed by atoms with E-state index in [0.717, 1.165) is 42.8 Å². The van der Waals surface area contributed by atoms with Gasteiger partial charge in [-0.15, -0.1) is 0 Å². The van der Waals surface area contributed by atoms with E-state index in [1.54, 1.807) is 18.7 Å². The minimum Gasteiger partial charge on any atom is -0.363 e. The summed E-state index contributed by atoms with van der Waals surface area (Å²) in [6, 6.07) is 15.2. The number of imidazole rings is 1. The Morgan fingerprint density at radius 3 is 2.73 bits per heavy atom. The molecule has 9 heteroatoms. The van der Waals surface area contributed by atoms with Gasteiger partial charge in [0.25, 0.3) is 5.91 Å². The summed E-state index contributed by atoms with van der Waals surface area (Å²) in [6.07, 6.45) is 7.01. The van der Waals surface area contributed by atoms with Crippen LogP contribution in [0.5, 0.6) is 0 Å². The van der Waals surface area contributed by atoms with Crippen molar-refractivity contribution in [2.24, 2.45) is 0 Å². The van der Waals surface area contributed by atoms with Gasteiger partial charge in [-0.25, -0.2) is 15.0 Å². The second-order valence-electron chi connectivity index (χ2n) is 10.0. The van der Waals surface area contributed by atoms with Crippen molar-refractivity contribution in [2.45, 2.75) is 57.3 Å². The monoisotopic (exact) mass is 516 g/mol. The minimum absolute atomic E-state index is 0.0674. The summed E-state index contributed by atoms with van der Waals surface area (Å²) < 4.78 is 7.96. The van der Waals surface area contributed by atoms with Crippen molar-refractivity contribution in [1.29, 1.82) is 0 Å². The molecule has 0 radical (unpaired) electrons. The van der Waals surface area contributed by atoms with Gasteiger partial charge in [0.1, 0.15) is 12.6 Å². The highest BCUT2D eigenvalue weighted by Gasteiger charge is 2.47. The van der Waals surface area contributed by atoms with Gasteiger partial charge in [-0.05, 0) is 63.3 Å². The van der Waals surface area contributed by atoms with Crippen LogP contribution in [0.4, 0.5) is 11.5 Å². The molecule has 1 amide bonds. The molecule has 0 bridgehead atoms. The molecule has 1 fully saturated rings. The summed E-state index contributed by atoms with van der Waals surface area (Å²) in [5.74, 6) is 0.520. The number of nitrogens with one attached hydrogen (secondary N) is 1. The van der Waals surface area contributed by atoms with Crippen LogP contribution in [0.3, 0.4) is 0 Å². The van der Waals surface area contributed by atoms with Crippen molar-refractivity contribution in [3.8, 4) is 0 Å². The van der Waals surface area contributed by atoms with E-state index in [1.165, 1.54) is 0 Å². The molecule has 2 aliphatic rings. The Bertz CT molecular complexity index is 1450. The highest BCUT2D eigenvalue weighted by Crippen LogP contribution is 2.40. The van der Waals surface area contributed by atoms with Crippen molar-refractivity contribution >= 4 is 40.2 Å². The van der Waals surface area contributed by atoms with E-state index in [4.69, 9.17) is 16.3 Å². The van der Waals surface area contributed by atoms with Crippen LogP contribution >= 0.6 is 11.6 Å². The number of para-hydroxylation sites is 1. The fourth-order valence-electron chi connectivity index (χ4n) is 5.57. The predicted molar refractivity (Wildman–Crippen MR) is 144 cm³/mol. The molecular formula is C28H29ClN6O2. The van der Waals surface area contributed by atoms with Gasteiger partial charge in [0.2, 0.25) is 0 Å². The number of carbonyl (C=O) groups is 1. The molecule has 2 aromatic heterocycles. The standard InChI is InChI=1S/C28H29ClN6O2/c1-18(33-25-24-26(31-16-30-25)34(17-32-24)22-13-6-7-14-37-22)28(2)15-19-9-8-12-21(29)23(19)27(36)35(28)20-10-4-3-5-11-20/h3-5,8-12,16-18,22H,6-7,13-15H2,1-2H3,(H,30,31,33)/t18-,22?,28?/m0/s1. The number of benzene rings is 2. The van der Waals surface area contributed by atoms with E-state index in [0.29, 0.717) is 28.3 Å². The molecule has 2 unspecified atom stereocenters. The fraction of sp³-hybridized carbons (Fsp3) is 0.357. The third-order valence-corrected chi connectivity index (χ3v) is 8.02. The Labute approximate surface area is 220 Å². The number of hydrogen-bond donors (Lipinski definition) is 1. The molecule has 0 spiro atoms. The number of rotatable bonds is 5. The number of ether oxygens (including phenoxy) is 1. The lowest BCUT2D eigenvalue weighted by molar-refractivity contribution is -0.0298. The SMILES string of the molecule is C[C@H](Nc1ncnc2c1ncn2C1CCCCO1)C1(C)Cc2cccc(Cl)c2C(=O)N1c1ccccc1. The summed E-state index contributed by atoms with van der Waals surface area (Å²) in [5.41, 5.74) is 3.12. The molecule has 1 saturated heterocycles. The lowest BCUT2D eigenvalue weighted by Gasteiger charge is -2.49. The molecule has 2 aliphatic heterocycles. The van der Waals surface area contributed by atoms with Crippen molar-refractivity contribution < 1.29 is 9.53 Å². The van der Waals surface area contributed by atoms with Gasteiger partial charge in [-0.1, -0.05) is 41.9 Å². The largest absolute Gasteiger partial charge is 0.363 e. The first-order valence-electron chi connectivity index (χ1n) is 12.7. The molecule has 4 aromatic rings. The first-order chi connectivity index (χ1) is 18.0. The highest BCUT2D eigenvalue weighted by atomic mass is 35.5. The molecule has 4 heterocycles. The van der Waals surface area contributed by atoms with Crippen molar-refractivity contribution in [3.63, 3.8) is 0 Å². The third-order valence-electron chi connectivity index (χ3n) is 7.70. The molecule has 0 aliphatic carbocycles. The van der Waals surface area contributed by atoms with Crippen molar-refractivity contribution in [3.05, 3.63) is 77.3 Å². The van der Waals surface area contributed by atoms with Gasteiger partial charge in [0, 0.05) is 18.3 Å². The van der Waals surface area contributed by atoms with Crippen LogP contribution < -0.4 is 10.2 Å². The number of anilines is 2.